The van der Waals surface area contributed by atoms with Crippen LogP contribution in [0.3, 0.4) is 0 Å². The summed E-state index contributed by atoms with van der Waals surface area (Å²) in [5, 5.41) is 16.6. The number of hydrogen-bond donors (Lipinski definition) is 3. The molecule has 7 nitrogen and oxygen atoms in total. The van der Waals surface area contributed by atoms with Crippen molar-refractivity contribution in [3.05, 3.63) is 94.0 Å². The van der Waals surface area contributed by atoms with Gasteiger partial charge in [-0.3, -0.25) is 9.69 Å². The first-order valence-corrected chi connectivity index (χ1v) is 12.9. The van der Waals surface area contributed by atoms with Crippen LogP contribution in [0, 0.1) is 0 Å². The van der Waals surface area contributed by atoms with Crippen LogP contribution in [0.5, 0.6) is 0 Å². The SMILES string of the molecule is CN(C(=O)Cc1cc(Cl)ccc1NC(=O)Nc1ccc(Cl)cc1)[C@H](CN1CC[C@H](O)C1)c1ccccc1. The van der Waals surface area contributed by atoms with Crippen LogP contribution in [-0.4, -0.2) is 59.6 Å². The molecule has 194 valence electrons. The monoisotopic (exact) mass is 540 g/mol. The molecule has 0 aromatic heterocycles. The van der Waals surface area contributed by atoms with E-state index in [1.54, 1.807) is 54.4 Å². The summed E-state index contributed by atoms with van der Waals surface area (Å²) >= 11 is 12.2. The molecule has 2 atom stereocenters. The molecule has 1 aliphatic rings. The Morgan fingerprint density at radius 2 is 1.73 bits per heavy atom. The molecule has 1 aliphatic heterocycles. The van der Waals surface area contributed by atoms with Gasteiger partial charge in [0.05, 0.1) is 18.6 Å². The van der Waals surface area contributed by atoms with E-state index >= 15 is 0 Å². The van der Waals surface area contributed by atoms with Gasteiger partial charge < -0.3 is 20.6 Å². The van der Waals surface area contributed by atoms with E-state index in [0.29, 0.717) is 40.1 Å². The lowest BCUT2D eigenvalue weighted by atomic mass is 10.0. The summed E-state index contributed by atoms with van der Waals surface area (Å²) in [6.07, 6.45) is 0.450. The number of β-amino-alcohol motifs (C(OH)–C–C–N with tert-alkyl or cyclic N) is 1. The summed E-state index contributed by atoms with van der Waals surface area (Å²) in [7, 11) is 1.79. The average Bonchev–Trinajstić information content (AvgIpc) is 3.30. The number of benzene rings is 3. The molecule has 0 bridgehead atoms. The highest BCUT2D eigenvalue weighted by atomic mass is 35.5. The van der Waals surface area contributed by atoms with Crippen molar-refractivity contribution in [2.24, 2.45) is 0 Å². The predicted molar refractivity (Wildman–Crippen MR) is 148 cm³/mol. The van der Waals surface area contributed by atoms with E-state index < -0.39 is 6.03 Å². The zero-order chi connectivity index (χ0) is 26.4. The van der Waals surface area contributed by atoms with E-state index in [9.17, 15) is 14.7 Å². The molecule has 1 heterocycles. The van der Waals surface area contributed by atoms with Crippen molar-refractivity contribution >= 4 is 46.5 Å². The second-order valence-electron chi connectivity index (χ2n) is 9.20. The number of urea groups is 1. The third-order valence-electron chi connectivity index (χ3n) is 6.48. The smallest absolute Gasteiger partial charge is 0.323 e. The standard InChI is InChI=1S/C28H30Cl2N4O3/c1-33(26(19-5-3-2-4-6-19)18-34-14-13-24(35)17-34)27(36)16-20-15-22(30)9-12-25(20)32-28(37)31-23-10-7-21(29)8-11-23/h2-12,15,24,26,35H,13-14,16-18H2,1H3,(H2,31,32,37)/t24-,26+/m0/s1. The molecule has 3 aromatic rings. The Morgan fingerprint density at radius 3 is 2.41 bits per heavy atom. The molecule has 4 rings (SSSR count). The number of hydrogen-bond acceptors (Lipinski definition) is 4. The summed E-state index contributed by atoms with van der Waals surface area (Å²) in [5.41, 5.74) is 2.72. The lowest BCUT2D eigenvalue weighted by molar-refractivity contribution is -0.131. The summed E-state index contributed by atoms with van der Waals surface area (Å²) in [6, 6.07) is 21.1. The first kappa shape index (κ1) is 26.9. The molecule has 0 radical (unpaired) electrons. The van der Waals surface area contributed by atoms with Gasteiger partial charge in [0.2, 0.25) is 5.91 Å². The largest absolute Gasteiger partial charge is 0.392 e. The number of aliphatic hydroxyl groups is 1. The highest BCUT2D eigenvalue weighted by molar-refractivity contribution is 6.31. The van der Waals surface area contributed by atoms with Gasteiger partial charge in [0.1, 0.15) is 0 Å². The zero-order valence-electron chi connectivity index (χ0n) is 20.5. The number of rotatable bonds is 8. The highest BCUT2D eigenvalue weighted by Gasteiger charge is 2.28. The third kappa shape index (κ3) is 7.46. The van der Waals surface area contributed by atoms with Gasteiger partial charge in [-0.15, -0.1) is 0 Å². The quantitative estimate of drug-likeness (QED) is 0.354. The van der Waals surface area contributed by atoms with E-state index in [1.807, 2.05) is 30.3 Å². The summed E-state index contributed by atoms with van der Waals surface area (Å²) < 4.78 is 0. The van der Waals surface area contributed by atoms with Gasteiger partial charge in [0.15, 0.2) is 0 Å². The summed E-state index contributed by atoms with van der Waals surface area (Å²) in [6.45, 7) is 2.00. The van der Waals surface area contributed by atoms with E-state index in [4.69, 9.17) is 23.2 Å². The van der Waals surface area contributed by atoms with Crippen molar-refractivity contribution in [3.63, 3.8) is 0 Å². The molecule has 3 amide bonds. The predicted octanol–water partition coefficient (Wildman–Crippen LogP) is 5.45. The van der Waals surface area contributed by atoms with Crippen molar-refractivity contribution in [2.75, 3.05) is 37.3 Å². The Kier molecular flexibility index (Phi) is 9.05. The van der Waals surface area contributed by atoms with Crippen LogP contribution in [0.25, 0.3) is 0 Å². The zero-order valence-corrected chi connectivity index (χ0v) is 22.0. The minimum atomic E-state index is -0.443. The Labute approximate surface area is 227 Å². The van der Waals surface area contributed by atoms with E-state index in [-0.39, 0.29) is 24.5 Å². The van der Waals surface area contributed by atoms with Gasteiger partial charge in [0.25, 0.3) is 0 Å². The maximum Gasteiger partial charge on any atom is 0.323 e. The number of nitrogens with one attached hydrogen (secondary N) is 2. The molecule has 0 spiro atoms. The normalized spacial score (nSPS) is 16.3. The minimum absolute atomic E-state index is 0.0551. The van der Waals surface area contributed by atoms with Gasteiger partial charge >= 0.3 is 6.03 Å². The van der Waals surface area contributed by atoms with Crippen LogP contribution in [0.15, 0.2) is 72.8 Å². The number of nitrogens with zero attached hydrogens (tertiary/aromatic N) is 2. The van der Waals surface area contributed by atoms with Crippen LogP contribution < -0.4 is 10.6 Å². The second-order valence-corrected chi connectivity index (χ2v) is 10.1. The van der Waals surface area contributed by atoms with Crippen molar-refractivity contribution < 1.29 is 14.7 Å². The number of anilines is 2. The van der Waals surface area contributed by atoms with Crippen molar-refractivity contribution in [3.8, 4) is 0 Å². The van der Waals surface area contributed by atoms with E-state index in [0.717, 1.165) is 18.5 Å². The number of carbonyl (C=O) groups excluding carboxylic acids is 2. The second kappa shape index (κ2) is 12.4. The summed E-state index contributed by atoms with van der Waals surface area (Å²) in [4.78, 5) is 30.1. The third-order valence-corrected chi connectivity index (χ3v) is 6.97. The molecular formula is C28H30Cl2N4O3. The molecule has 3 N–H and O–H groups in total. The number of aliphatic hydroxyl groups excluding tert-OH is 1. The molecule has 0 unspecified atom stereocenters. The number of likely N-dealkylation sites (tertiary alicyclic amines) is 1. The Balaban J connectivity index is 1.48. The fourth-order valence-corrected chi connectivity index (χ4v) is 4.78. The highest BCUT2D eigenvalue weighted by Crippen LogP contribution is 2.26. The van der Waals surface area contributed by atoms with Crippen molar-refractivity contribution in [1.82, 2.24) is 9.80 Å². The minimum Gasteiger partial charge on any atom is -0.392 e. The van der Waals surface area contributed by atoms with Gasteiger partial charge in [0, 0.05) is 48.1 Å². The molecule has 0 aliphatic carbocycles. The summed E-state index contributed by atoms with van der Waals surface area (Å²) in [5.74, 6) is -0.114. The molecule has 3 aromatic carbocycles. The number of carbonyl (C=O) groups is 2. The first-order chi connectivity index (χ1) is 17.8. The molecule has 1 saturated heterocycles. The molecule has 1 fully saturated rings. The molecular weight excluding hydrogens is 511 g/mol. The average molecular weight is 541 g/mol. The van der Waals surface area contributed by atoms with E-state index in [1.165, 1.54) is 0 Å². The van der Waals surface area contributed by atoms with Crippen LogP contribution in [0.1, 0.15) is 23.6 Å². The number of amides is 3. The van der Waals surface area contributed by atoms with Crippen LogP contribution in [0.2, 0.25) is 10.0 Å². The fraction of sp³-hybridized carbons (Fsp3) is 0.286. The maximum atomic E-state index is 13.5. The number of likely N-dealkylation sites (N-methyl/N-ethyl adjacent to an activating group) is 1. The molecule has 37 heavy (non-hydrogen) atoms. The van der Waals surface area contributed by atoms with Gasteiger partial charge in [-0.1, -0.05) is 53.5 Å². The lowest BCUT2D eigenvalue weighted by Gasteiger charge is -2.32. The Bertz CT molecular complexity index is 1220. The number of halogens is 2. The lowest BCUT2D eigenvalue weighted by Crippen LogP contribution is -2.39. The first-order valence-electron chi connectivity index (χ1n) is 12.1. The molecule has 0 saturated carbocycles. The fourth-order valence-electron chi connectivity index (χ4n) is 4.46. The topological polar surface area (TPSA) is 84.9 Å². The van der Waals surface area contributed by atoms with Crippen molar-refractivity contribution in [2.45, 2.75) is 25.0 Å². The van der Waals surface area contributed by atoms with Crippen LogP contribution in [0.4, 0.5) is 16.2 Å². The van der Waals surface area contributed by atoms with Gasteiger partial charge in [-0.25, -0.2) is 4.79 Å². The maximum absolute atomic E-state index is 13.5. The van der Waals surface area contributed by atoms with E-state index in [2.05, 4.69) is 15.5 Å². The molecule has 9 heteroatoms. The Morgan fingerprint density at radius 1 is 1.03 bits per heavy atom. The van der Waals surface area contributed by atoms with Crippen LogP contribution in [-0.2, 0) is 11.2 Å². The van der Waals surface area contributed by atoms with Gasteiger partial charge in [-0.2, -0.15) is 0 Å². The van der Waals surface area contributed by atoms with Gasteiger partial charge in [-0.05, 0) is 60.0 Å². The van der Waals surface area contributed by atoms with Crippen LogP contribution >= 0.6 is 23.2 Å². The Hall–Kier alpha value is -3.10. The van der Waals surface area contributed by atoms with Crippen molar-refractivity contribution in [1.29, 1.82) is 0 Å².